The standard InChI is InChI=1S/C21H32N4O.HI/c1-21(14-26-15-21)13-23-20(22-2)24-17-10-18-8-9-19(11-17)25(18)12-16-6-4-3-5-7-16;/h3-7,17-19H,8-15H2,1-2H3,(H2,22,23,24);1H. The third-order valence-electron chi connectivity index (χ3n) is 6.24. The summed E-state index contributed by atoms with van der Waals surface area (Å²) >= 11 is 0. The summed E-state index contributed by atoms with van der Waals surface area (Å²) in [5, 5.41) is 7.19. The van der Waals surface area contributed by atoms with Crippen LogP contribution >= 0.6 is 24.0 Å². The van der Waals surface area contributed by atoms with Crippen LogP contribution in [0.2, 0.25) is 0 Å². The number of halogens is 1. The molecule has 3 fully saturated rings. The van der Waals surface area contributed by atoms with Gasteiger partial charge in [0.25, 0.3) is 0 Å². The number of piperidine rings is 1. The number of nitrogens with zero attached hydrogens (tertiary/aromatic N) is 2. The SMILES string of the molecule is CN=C(NCC1(C)COC1)NC1CC2CCC(C1)N2Cc1ccccc1.I. The van der Waals surface area contributed by atoms with Crippen molar-refractivity contribution in [2.24, 2.45) is 10.4 Å². The molecule has 150 valence electrons. The van der Waals surface area contributed by atoms with Gasteiger partial charge in [0.2, 0.25) is 0 Å². The molecule has 1 aromatic carbocycles. The van der Waals surface area contributed by atoms with Gasteiger partial charge in [-0.3, -0.25) is 9.89 Å². The van der Waals surface area contributed by atoms with Gasteiger partial charge in [0.15, 0.2) is 5.96 Å². The summed E-state index contributed by atoms with van der Waals surface area (Å²) in [4.78, 5) is 7.17. The summed E-state index contributed by atoms with van der Waals surface area (Å²) in [5.74, 6) is 0.944. The summed E-state index contributed by atoms with van der Waals surface area (Å²) < 4.78 is 5.34. The van der Waals surface area contributed by atoms with Crippen molar-refractivity contribution in [1.82, 2.24) is 15.5 Å². The molecule has 5 nitrogen and oxygen atoms in total. The summed E-state index contributed by atoms with van der Waals surface area (Å²) in [6, 6.07) is 12.8. The third kappa shape index (κ3) is 4.95. The minimum Gasteiger partial charge on any atom is -0.380 e. The number of aliphatic imine (C=N–C) groups is 1. The van der Waals surface area contributed by atoms with E-state index < -0.39 is 0 Å². The molecule has 2 bridgehead atoms. The predicted molar refractivity (Wildman–Crippen MR) is 121 cm³/mol. The fourth-order valence-corrected chi connectivity index (χ4v) is 4.68. The zero-order valence-electron chi connectivity index (χ0n) is 16.5. The van der Waals surface area contributed by atoms with E-state index in [4.69, 9.17) is 4.74 Å². The van der Waals surface area contributed by atoms with Crippen LogP contribution in [0.15, 0.2) is 35.3 Å². The highest BCUT2D eigenvalue weighted by atomic mass is 127. The average molecular weight is 484 g/mol. The van der Waals surface area contributed by atoms with E-state index in [-0.39, 0.29) is 29.4 Å². The Kier molecular flexibility index (Phi) is 7.03. The second-order valence-electron chi connectivity index (χ2n) is 8.58. The quantitative estimate of drug-likeness (QED) is 0.384. The van der Waals surface area contributed by atoms with E-state index >= 15 is 0 Å². The first kappa shape index (κ1) is 20.9. The maximum atomic E-state index is 5.34. The molecule has 3 aliphatic heterocycles. The first-order chi connectivity index (χ1) is 12.6. The van der Waals surface area contributed by atoms with Crippen LogP contribution in [-0.2, 0) is 11.3 Å². The molecule has 3 aliphatic rings. The zero-order chi connectivity index (χ0) is 18.0. The summed E-state index contributed by atoms with van der Waals surface area (Å²) in [7, 11) is 1.87. The zero-order valence-corrected chi connectivity index (χ0v) is 18.8. The number of hydrogen-bond acceptors (Lipinski definition) is 3. The van der Waals surface area contributed by atoms with E-state index in [9.17, 15) is 0 Å². The Bertz CT molecular complexity index is 620. The molecule has 3 heterocycles. The lowest BCUT2D eigenvalue weighted by atomic mass is 9.89. The number of benzene rings is 1. The van der Waals surface area contributed by atoms with Gasteiger partial charge < -0.3 is 15.4 Å². The average Bonchev–Trinajstić information content (AvgIpc) is 2.87. The first-order valence-electron chi connectivity index (χ1n) is 10.00. The Balaban J connectivity index is 0.00000210. The molecule has 3 saturated heterocycles. The Hall–Kier alpha value is -0.860. The monoisotopic (exact) mass is 484 g/mol. The van der Waals surface area contributed by atoms with Crippen molar-refractivity contribution < 1.29 is 4.74 Å². The van der Waals surface area contributed by atoms with Crippen molar-refractivity contribution >= 4 is 29.9 Å². The van der Waals surface area contributed by atoms with Crippen molar-refractivity contribution in [3.63, 3.8) is 0 Å². The summed E-state index contributed by atoms with van der Waals surface area (Å²) in [6.45, 7) is 5.97. The van der Waals surface area contributed by atoms with Crippen molar-refractivity contribution in [1.29, 1.82) is 0 Å². The molecule has 0 spiro atoms. The lowest BCUT2D eigenvalue weighted by molar-refractivity contribution is -0.0971. The third-order valence-corrected chi connectivity index (χ3v) is 6.24. The number of nitrogens with one attached hydrogen (secondary N) is 2. The predicted octanol–water partition coefficient (Wildman–Crippen LogP) is 3.00. The van der Waals surface area contributed by atoms with Crippen LogP contribution in [-0.4, -0.2) is 55.8 Å². The topological polar surface area (TPSA) is 48.9 Å². The molecule has 2 atom stereocenters. The van der Waals surface area contributed by atoms with Gasteiger partial charge in [-0.1, -0.05) is 37.3 Å². The van der Waals surface area contributed by atoms with Gasteiger partial charge in [-0.2, -0.15) is 0 Å². The van der Waals surface area contributed by atoms with Crippen LogP contribution in [0.3, 0.4) is 0 Å². The van der Waals surface area contributed by atoms with Crippen molar-refractivity contribution in [3.05, 3.63) is 35.9 Å². The minimum absolute atomic E-state index is 0. The Morgan fingerprint density at radius 1 is 1.19 bits per heavy atom. The van der Waals surface area contributed by atoms with Gasteiger partial charge in [0.1, 0.15) is 0 Å². The van der Waals surface area contributed by atoms with Crippen LogP contribution in [0, 0.1) is 5.41 Å². The Morgan fingerprint density at radius 2 is 1.85 bits per heavy atom. The molecule has 1 aromatic rings. The van der Waals surface area contributed by atoms with E-state index in [2.05, 4.69) is 57.8 Å². The highest BCUT2D eigenvalue weighted by molar-refractivity contribution is 14.0. The van der Waals surface area contributed by atoms with Gasteiger partial charge in [-0.15, -0.1) is 24.0 Å². The number of rotatable bonds is 5. The fraction of sp³-hybridized carbons (Fsp3) is 0.667. The van der Waals surface area contributed by atoms with E-state index in [0.29, 0.717) is 18.1 Å². The largest absolute Gasteiger partial charge is 0.380 e. The van der Waals surface area contributed by atoms with Crippen molar-refractivity contribution in [2.75, 3.05) is 26.8 Å². The molecule has 27 heavy (non-hydrogen) atoms. The van der Waals surface area contributed by atoms with Crippen molar-refractivity contribution in [2.45, 2.75) is 57.3 Å². The Morgan fingerprint density at radius 3 is 2.41 bits per heavy atom. The minimum atomic E-state index is 0. The van der Waals surface area contributed by atoms with Crippen molar-refractivity contribution in [3.8, 4) is 0 Å². The van der Waals surface area contributed by atoms with Crippen LogP contribution < -0.4 is 10.6 Å². The molecule has 0 aliphatic carbocycles. The van der Waals surface area contributed by atoms with Gasteiger partial charge >= 0.3 is 0 Å². The van der Waals surface area contributed by atoms with Gasteiger partial charge in [-0.05, 0) is 31.2 Å². The first-order valence-corrected chi connectivity index (χ1v) is 10.00. The Labute approximate surface area is 180 Å². The lowest BCUT2D eigenvalue weighted by Crippen LogP contribution is -2.55. The van der Waals surface area contributed by atoms with Crippen LogP contribution in [0.5, 0.6) is 0 Å². The van der Waals surface area contributed by atoms with Gasteiger partial charge in [0.05, 0.1) is 13.2 Å². The molecule has 4 rings (SSSR count). The van der Waals surface area contributed by atoms with E-state index in [0.717, 1.165) is 32.3 Å². The normalized spacial score (nSPS) is 29.6. The molecule has 0 aromatic heterocycles. The smallest absolute Gasteiger partial charge is 0.191 e. The highest BCUT2D eigenvalue weighted by Gasteiger charge is 2.41. The molecule has 0 amide bonds. The van der Waals surface area contributed by atoms with E-state index in [1.807, 2.05) is 7.05 Å². The molecule has 0 saturated carbocycles. The van der Waals surface area contributed by atoms with Gasteiger partial charge in [0, 0.05) is 43.7 Å². The number of hydrogen-bond donors (Lipinski definition) is 2. The molecular formula is C21H33IN4O. The molecule has 6 heteroatoms. The van der Waals surface area contributed by atoms with Crippen LogP contribution in [0.1, 0.15) is 38.2 Å². The summed E-state index contributed by atoms with van der Waals surface area (Å²) in [6.07, 6.45) is 5.09. The van der Waals surface area contributed by atoms with E-state index in [1.54, 1.807) is 0 Å². The maximum Gasteiger partial charge on any atom is 0.191 e. The second-order valence-corrected chi connectivity index (χ2v) is 8.58. The number of ether oxygens (including phenoxy) is 1. The molecule has 2 N–H and O–H groups in total. The fourth-order valence-electron chi connectivity index (χ4n) is 4.68. The highest BCUT2D eigenvalue weighted by Crippen LogP contribution is 2.36. The van der Waals surface area contributed by atoms with Crippen LogP contribution in [0.25, 0.3) is 0 Å². The summed E-state index contributed by atoms with van der Waals surface area (Å²) in [5.41, 5.74) is 1.69. The molecular weight excluding hydrogens is 451 g/mol. The number of guanidine groups is 1. The second kappa shape index (κ2) is 9.09. The number of fused-ring (bicyclic) bond motifs is 2. The maximum absolute atomic E-state index is 5.34. The lowest BCUT2D eigenvalue weighted by Gasteiger charge is -2.41. The molecule has 0 radical (unpaired) electrons. The van der Waals surface area contributed by atoms with Crippen LogP contribution in [0.4, 0.5) is 0 Å². The molecule has 2 unspecified atom stereocenters. The van der Waals surface area contributed by atoms with Gasteiger partial charge in [-0.25, -0.2) is 0 Å². The van der Waals surface area contributed by atoms with E-state index in [1.165, 1.54) is 31.2 Å².